The minimum absolute atomic E-state index is 0.00363. The molecule has 0 aliphatic rings. The second-order valence-corrected chi connectivity index (χ2v) is 4.11. The van der Waals surface area contributed by atoms with Crippen molar-refractivity contribution in [3.8, 4) is 11.5 Å². The van der Waals surface area contributed by atoms with Crippen molar-refractivity contribution in [2.24, 2.45) is 0 Å². The minimum Gasteiger partial charge on any atom is -0.491 e. The van der Waals surface area contributed by atoms with Gasteiger partial charge < -0.3 is 9.47 Å². The zero-order valence-corrected chi connectivity index (χ0v) is 11.3. The van der Waals surface area contributed by atoms with Crippen molar-refractivity contribution in [2.75, 3.05) is 14.2 Å². The number of rotatable bonds is 4. The molecule has 0 unspecified atom stereocenters. The van der Waals surface area contributed by atoms with Gasteiger partial charge in [0.25, 0.3) is 0 Å². The second kappa shape index (κ2) is 5.30. The third-order valence-electron chi connectivity index (χ3n) is 2.77. The molecule has 0 spiro atoms. The van der Waals surface area contributed by atoms with Gasteiger partial charge in [-0.1, -0.05) is 11.6 Å². The van der Waals surface area contributed by atoms with Crippen molar-refractivity contribution in [3.05, 3.63) is 33.0 Å². The summed E-state index contributed by atoms with van der Waals surface area (Å²) >= 11 is 6.13. The van der Waals surface area contributed by atoms with E-state index in [0.717, 1.165) is 0 Å². The molecule has 8 heteroatoms. The lowest BCUT2D eigenvalue weighted by Crippen LogP contribution is -2.02. The Hall–Kier alpha value is -2.41. The number of aromatic nitrogens is 1. The zero-order chi connectivity index (χ0) is 14.9. The number of ether oxygens (including phenoxy) is 2. The van der Waals surface area contributed by atoms with Gasteiger partial charge in [0, 0.05) is 11.8 Å². The van der Waals surface area contributed by atoms with E-state index >= 15 is 0 Å². The van der Waals surface area contributed by atoms with E-state index in [9.17, 15) is 14.9 Å². The first-order valence-corrected chi connectivity index (χ1v) is 5.76. The van der Waals surface area contributed by atoms with E-state index in [1.807, 2.05) is 0 Å². The SMILES string of the molecule is COc1c(OC)c([N+](=O)[O-])c2c(C=O)ccnc2c1Cl. The number of nitrogens with zero attached hydrogens (tertiary/aromatic N) is 2. The highest BCUT2D eigenvalue weighted by molar-refractivity contribution is 6.38. The van der Waals surface area contributed by atoms with Crippen molar-refractivity contribution < 1.29 is 19.2 Å². The van der Waals surface area contributed by atoms with Crippen LogP contribution in [0.4, 0.5) is 5.69 Å². The van der Waals surface area contributed by atoms with Crippen molar-refractivity contribution >= 4 is 34.5 Å². The molecule has 1 aromatic carbocycles. The highest BCUT2D eigenvalue weighted by Crippen LogP contribution is 2.48. The summed E-state index contributed by atoms with van der Waals surface area (Å²) < 4.78 is 10.1. The average Bonchev–Trinajstić information content (AvgIpc) is 2.45. The number of nitro groups is 1. The summed E-state index contributed by atoms with van der Waals surface area (Å²) in [6.07, 6.45) is 1.84. The molecule has 0 bridgehead atoms. The second-order valence-electron chi connectivity index (χ2n) is 3.73. The van der Waals surface area contributed by atoms with E-state index in [2.05, 4.69) is 4.98 Å². The number of carbonyl (C=O) groups is 1. The quantitative estimate of drug-likeness (QED) is 0.489. The molecule has 2 rings (SSSR count). The fourth-order valence-corrected chi connectivity index (χ4v) is 2.27. The summed E-state index contributed by atoms with van der Waals surface area (Å²) in [6.45, 7) is 0. The lowest BCUT2D eigenvalue weighted by Gasteiger charge is -2.13. The molecule has 0 fully saturated rings. The van der Waals surface area contributed by atoms with Gasteiger partial charge in [0.05, 0.1) is 24.5 Å². The fourth-order valence-electron chi connectivity index (χ4n) is 1.96. The summed E-state index contributed by atoms with van der Waals surface area (Å²) in [6, 6.07) is 1.37. The lowest BCUT2D eigenvalue weighted by molar-refractivity contribution is -0.384. The Morgan fingerprint density at radius 1 is 1.35 bits per heavy atom. The Bertz CT molecular complexity index is 717. The molecule has 0 radical (unpaired) electrons. The molecule has 7 nitrogen and oxygen atoms in total. The summed E-state index contributed by atoms with van der Waals surface area (Å²) in [5, 5.41) is 11.4. The maximum Gasteiger partial charge on any atom is 0.325 e. The summed E-state index contributed by atoms with van der Waals surface area (Å²) in [4.78, 5) is 25.7. The topological polar surface area (TPSA) is 91.6 Å². The third-order valence-corrected chi connectivity index (χ3v) is 3.12. The molecule has 0 N–H and O–H groups in total. The molecule has 1 heterocycles. The van der Waals surface area contributed by atoms with Gasteiger partial charge in [0.15, 0.2) is 12.0 Å². The van der Waals surface area contributed by atoms with Crippen LogP contribution in [0.3, 0.4) is 0 Å². The van der Waals surface area contributed by atoms with Crippen LogP contribution >= 0.6 is 11.6 Å². The number of nitro benzene ring substituents is 1. The van der Waals surface area contributed by atoms with Gasteiger partial charge in [-0.15, -0.1) is 0 Å². The van der Waals surface area contributed by atoms with E-state index in [4.69, 9.17) is 21.1 Å². The summed E-state index contributed by atoms with van der Waals surface area (Å²) in [7, 11) is 2.56. The van der Waals surface area contributed by atoms with Crippen LogP contribution < -0.4 is 9.47 Å². The lowest BCUT2D eigenvalue weighted by atomic mass is 10.1. The van der Waals surface area contributed by atoms with Gasteiger partial charge in [-0.05, 0) is 6.07 Å². The van der Waals surface area contributed by atoms with Crippen molar-refractivity contribution in [2.45, 2.75) is 0 Å². The van der Waals surface area contributed by atoms with Gasteiger partial charge in [-0.25, -0.2) is 0 Å². The average molecular weight is 297 g/mol. The Labute approximate surface area is 118 Å². The van der Waals surface area contributed by atoms with Gasteiger partial charge in [-0.3, -0.25) is 19.9 Å². The first kappa shape index (κ1) is 14.0. The maximum absolute atomic E-state index is 11.3. The molecule has 0 saturated heterocycles. The predicted molar refractivity (Wildman–Crippen MR) is 71.9 cm³/mol. The first-order valence-electron chi connectivity index (χ1n) is 5.38. The van der Waals surface area contributed by atoms with Crippen molar-refractivity contribution in [1.82, 2.24) is 4.98 Å². The molecule has 104 valence electrons. The molecule has 0 atom stereocenters. The van der Waals surface area contributed by atoms with Crippen LogP contribution in [-0.2, 0) is 0 Å². The van der Waals surface area contributed by atoms with Crippen LogP contribution in [0.25, 0.3) is 10.9 Å². The van der Waals surface area contributed by atoms with Crippen LogP contribution in [0.2, 0.25) is 5.02 Å². The zero-order valence-electron chi connectivity index (χ0n) is 10.5. The van der Waals surface area contributed by atoms with Crippen LogP contribution in [0.5, 0.6) is 11.5 Å². The first-order chi connectivity index (χ1) is 9.56. The van der Waals surface area contributed by atoms with Gasteiger partial charge in [-0.2, -0.15) is 0 Å². The molecule has 0 amide bonds. The molecular weight excluding hydrogens is 288 g/mol. The monoisotopic (exact) mass is 296 g/mol. The van der Waals surface area contributed by atoms with Gasteiger partial charge in [0.2, 0.25) is 5.75 Å². The van der Waals surface area contributed by atoms with Crippen LogP contribution in [0.15, 0.2) is 12.3 Å². The smallest absolute Gasteiger partial charge is 0.325 e. The minimum atomic E-state index is -0.658. The highest BCUT2D eigenvalue weighted by Gasteiger charge is 2.30. The Morgan fingerprint density at radius 3 is 2.50 bits per heavy atom. The van der Waals surface area contributed by atoms with Crippen molar-refractivity contribution in [1.29, 1.82) is 0 Å². The van der Waals surface area contributed by atoms with Crippen LogP contribution in [-0.4, -0.2) is 30.4 Å². The molecule has 2 aromatic rings. The fraction of sp³-hybridized carbons (Fsp3) is 0.167. The Morgan fingerprint density at radius 2 is 2.00 bits per heavy atom. The number of halogens is 1. The van der Waals surface area contributed by atoms with E-state index < -0.39 is 10.6 Å². The number of aldehydes is 1. The largest absolute Gasteiger partial charge is 0.491 e. The van der Waals surface area contributed by atoms with Crippen LogP contribution in [0.1, 0.15) is 10.4 Å². The molecule has 0 aliphatic carbocycles. The number of hydrogen-bond acceptors (Lipinski definition) is 6. The third kappa shape index (κ3) is 1.92. The van der Waals surface area contributed by atoms with E-state index in [-0.39, 0.29) is 33.0 Å². The number of carbonyl (C=O) groups excluding carboxylic acids is 1. The van der Waals surface area contributed by atoms with Crippen LogP contribution in [0, 0.1) is 10.1 Å². The highest BCUT2D eigenvalue weighted by atomic mass is 35.5. The van der Waals surface area contributed by atoms with E-state index in [1.165, 1.54) is 26.5 Å². The Kier molecular flexibility index (Phi) is 3.71. The molecule has 1 aromatic heterocycles. The maximum atomic E-state index is 11.3. The molecular formula is C12H9ClN2O5. The van der Waals surface area contributed by atoms with E-state index in [1.54, 1.807) is 0 Å². The molecule has 0 aliphatic heterocycles. The number of methoxy groups -OCH3 is 2. The number of benzene rings is 1. The standard InChI is InChI=1S/C12H9ClN2O5/c1-19-11-8(13)9-7(6(5-16)3-4-14-9)10(15(17)18)12(11)20-2/h3-5H,1-2H3. The van der Waals surface area contributed by atoms with Crippen molar-refractivity contribution in [3.63, 3.8) is 0 Å². The Balaban J connectivity index is 3.12. The number of pyridine rings is 1. The summed E-state index contributed by atoms with van der Waals surface area (Å²) in [5.74, 6) is -0.144. The summed E-state index contributed by atoms with van der Waals surface area (Å²) in [5.41, 5.74) is -0.191. The molecule has 0 saturated carbocycles. The predicted octanol–water partition coefficient (Wildman–Crippen LogP) is 2.63. The normalized spacial score (nSPS) is 10.3. The number of fused-ring (bicyclic) bond motifs is 1. The number of hydrogen-bond donors (Lipinski definition) is 0. The van der Waals surface area contributed by atoms with Gasteiger partial charge in [0.1, 0.15) is 10.5 Å². The van der Waals surface area contributed by atoms with E-state index in [0.29, 0.717) is 6.29 Å². The molecule has 20 heavy (non-hydrogen) atoms. The van der Waals surface area contributed by atoms with Gasteiger partial charge >= 0.3 is 5.69 Å².